The lowest BCUT2D eigenvalue weighted by Gasteiger charge is -2.28. The molecular weight excluding hydrogens is 172 g/mol. The van der Waals surface area contributed by atoms with Gasteiger partial charge in [0.2, 0.25) is 0 Å². The first kappa shape index (κ1) is 16.4. The summed E-state index contributed by atoms with van der Waals surface area (Å²) >= 11 is 0. The molecule has 1 rings (SSSR count). The lowest BCUT2D eigenvalue weighted by Crippen LogP contribution is -2.34. The van der Waals surface area contributed by atoms with Gasteiger partial charge in [-0.2, -0.15) is 0 Å². The lowest BCUT2D eigenvalue weighted by atomic mass is 9.97. The minimum atomic E-state index is 0.932. The van der Waals surface area contributed by atoms with Gasteiger partial charge in [0.1, 0.15) is 0 Å². The number of nitrogens with one attached hydrogen (secondary N) is 1. The quantitative estimate of drug-likeness (QED) is 0.740. The minimum Gasteiger partial charge on any atom is -0.319 e. The normalized spacial score (nSPS) is 17.6. The molecular formula is C12H30N2. The van der Waals surface area contributed by atoms with E-state index in [4.69, 9.17) is 0 Å². The van der Waals surface area contributed by atoms with Crippen LogP contribution in [0.5, 0.6) is 0 Å². The third-order valence-corrected chi connectivity index (χ3v) is 2.33. The first-order valence-corrected chi connectivity index (χ1v) is 6.16. The molecule has 0 aromatic carbocycles. The number of hydrogen-bond acceptors (Lipinski definition) is 2. The zero-order valence-electron chi connectivity index (χ0n) is 11.1. The van der Waals surface area contributed by atoms with Gasteiger partial charge in [-0.15, -0.1) is 0 Å². The van der Waals surface area contributed by atoms with Crippen molar-refractivity contribution in [1.82, 2.24) is 10.2 Å². The summed E-state index contributed by atoms with van der Waals surface area (Å²) in [5.41, 5.74) is 0. The van der Waals surface area contributed by atoms with Gasteiger partial charge in [0.05, 0.1) is 0 Å². The van der Waals surface area contributed by atoms with Crippen LogP contribution < -0.4 is 5.32 Å². The number of piperidine rings is 1. The second-order valence-electron chi connectivity index (χ2n) is 3.30. The van der Waals surface area contributed by atoms with E-state index in [1.807, 2.05) is 34.7 Å². The van der Waals surface area contributed by atoms with Gasteiger partial charge in [0.25, 0.3) is 0 Å². The molecule has 0 unspecified atom stereocenters. The van der Waals surface area contributed by atoms with Crippen molar-refractivity contribution in [2.24, 2.45) is 5.92 Å². The fourth-order valence-corrected chi connectivity index (χ4v) is 1.55. The van der Waals surface area contributed by atoms with Crippen molar-refractivity contribution in [3.8, 4) is 0 Å². The van der Waals surface area contributed by atoms with Crippen LogP contribution in [0.25, 0.3) is 0 Å². The molecule has 0 atom stereocenters. The SMILES string of the molecule is CC.CC.CNCC1CCN(C)CC1. The van der Waals surface area contributed by atoms with Gasteiger partial charge in [-0.1, -0.05) is 27.7 Å². The van der Waals surface area contributed by atoms with Crippen molar-refractivity contribution in [2.75, 3.05) is 33.7 Å². The standard InChI is InChI=1S/C8H18N2.2C2H6/c1-9-7-8-3-5-10(2)6-4-8;2*1-2/h8-9H,3-7H2,1-2H3;2*1-2H3. The van der Waals surface area contributed by atoms with Gasteiger partial charge in [-0.25, -0.2) is 0 Å². The fraction of sp³-hybridized carbons (Fsp3) is 1.00. The predicted molar refractivity (Wildman–Crippen MR) is 66.8 cm³/mol. The van der Waals surface area contributed by atoms with E-state index in [1.54, 1.807) is 0 Å². The van der Waals surface area contributed by atoms with E-state index in [0.29, 0.717) is 0 Å². The smallest absolute Gasteiger partial charge is 0.00187 e. The van der Waals surface area contributed by atoms with Crippen LogP contribution in [0, 0.1) is 5.92 Å². The molecule has 2 nitrogen and oxygen atoms in total. The predicted octanol–water partition coefficient (Wildman–Crippen LogP) is 2.60. The van der Waals surface area contributed by atoms with E-state index in [9.17, 15) is 0 Å². The highest BCUT2D eigenvalue weighted by molar-refractivity contribution is 4.70. The topological polar surface area (TPSA) is 15.3 Å². The van der Waals surface area contributed by atoms with Crippen LogP contribution in [0.4, 0.5) is 0 Å². The van der Waals surface area contributed by atoms with E-state index in [0.717, 1.165) is 5.92 Å². The summed E-state index contributed by atoms with van der Waals surface area (Å²) < 4.78 is 0. The third-order valence-electron chi connectivity index (χ3n) is 2.33. The van der Waals surface area contributed by atoms with Crippen LogP contribution in [0.15, 0.2) is 0 Å². The second kappa shape index (κ2) is 12.9. The molecule has 1 saturated heterocycles. The highest BCUT2D eigenvalue weighted by atomic mass is 15.1. The summed E-state index contributed by atoms with van der Waals surface area (Å²) in [6.07, 6.45) is 2.74. The molecule has 1 fully saturated rings. The Bertz CT molecular complexity index is 86.3. The summed E-state index contributed by atoms with van der Waals surface area (Å²) in [7, 11) is 4.24. The van der Waals surface area contributed by atoms with E-state index in [2.05, 4.69) is 17.3 Å². The number of rotatable bonds is 2. The third kappa shape index (κ3) is 8.52. The summed E-state index contributed by atoms with van der Waals surface area (Å²) in [5.74, 6) is 0.932. The van der Waals surface area contributed by atoms with Crippen molar-refractivity contribution in [2.45, 2.75) is 40.5 Å². The first-order chi connectivity index (χ1) is 6.83. The summed E-state index contributed by atoms with van der Waals surface area (Å²) in [5, 5.41) is 3.23. The molecule has 2 heteroatoms. The van der Waals surface area contributed by atoms with Crippen molar-refractivity contribution < 1.29 is 0 Å². The molecule has 88 valence electrons. The van der Waals surface area contributed by atoms with Crippen LogP contribution in [-0.4, -0.2) is 38.6 Å². The Balaban J connectivity index is 0. The largest absolute Gasteiger partial charge is 0.319 e. The molecule has 14 heavy (non-hydrogen) atoms. The van der Waals surface area contributed by atoms with Crippen molar-refractivity contribution >= 4 is 0 Å². The molecule has 0 radical (unpaired) electrons. The molecule has 0 amide bonds. The molecule has 0 saturated carbocycles. The average Bonchev–Trinajstić information content (AvgIpc) is 2.28. The Morgan fingerprint density at radius 2 is 1.50 bits per heavy atom. The van der Waals surface area contributed by atoms with Gasteiger partial charge in [-0.05, 0) is 52.5 Å². The maximum absolute atomic E-state index is 3.23. The molecule has 0 aromatic heterocycles. The lowest BCUT2D eigenvalue weighted by molar-refractivity contribution is 0.218. The van der Waals surface area contributed by atoms with Crippen LogP contribution in [0.2, 0.25) is 0 Å². The maximum Gasteiger partial charge on any atom is -0.00187 e. The summed E-state index contributed by atoms with van der Waals surface area (Å²) in [6.45, 7) is 11.8. The van der Waals surface area contributed by atoms with E-state index in [-0.39, 0.29) is 0 Å². The molecule has 1 heterocycles. The Labute approximate surface area is 91.1 Å². The number of nitrogens with zero attached hydrogens (tertiary/aromatic N) is 1. The van der Waals surface area contributed by atoms with E-state index >= 15 is 0 Å². The fourth-order valence-electron chi connectivity index (χ4n) is 1.55. The molecule has 0 aromatic rings. The number of likely N-dealkylation sites (tertiary alicyclic amines) is 1. The van der Waals surface area contributed by atoms with Gasteiger partial charge in [0, 0.05) is 0 Å². The molecule has 1 N–H and O–H groups in total. The van der Waals surface area contributed by atoms with Gasteiger partial charge < -0.3 is 10.2 Å². The van der Waals surface area contributed by atoms with E-state index in [1.165, 1.54) is 32.5 Å². The average molecular weight is 202 g/mol. The maximum atomic E-state index is 3.23. The summed E-state index contributed by atoms with van der Waals surface area (Å²) in [6, 6.07) is 0. The first-order valence-electron chi connectivity index (χ1n) is 6.16. The van der Waals surface area contributed by atoms with Crippen molar-refractivity contribution in [3.05, 3.63) is 0 Å². The highest BCUT2D eigenvalue weighted by Gasteiger charge is 2.14. The minimum absolute atomic E-state index is 0.932. The Hall–Kier alpha value is -0.0800. The zero-order chi connectivity index (χ0) is 11.4. The van der Waals surface area contributed by atoms with Crippen LogP contribution in [0.3, 0.4) is 0 Å². The molecule has 0 aliphatic carbocycles. The van der Waals surface area contributed by atoms with Crippen LogP contribution >= 0.6 is 0 Å². The van der Waals surface area contributed by atoms with Crippen LogP contribution in [-0.2, 0) is 0 Å². The van der Waals surface area contributed by atoms with Crippen molar-refractivity contribution in [3.63, 3.8) is 0 Å². The molecule has 1 aliphatic rings. The van der Waals surface area contributed by atoms with Gasteiger partial charge in [0.15, 0.2) is 0 Å². The summed E-state index contributed by atoms with van der Waals surface area (Å²) in [4.78, 5) is 2.41. The monoisotopic (exact) mass is 202 g/mol. The molecule has 0 bridgehead atoms. The van der Waals surface area contributed by atoms with Crippen LogP contribution in [0.1, 0.15) is 40.5 Å². The van der Waals surface area contributed by atoms with Gasteiger partial charge in [-0.3, -0.25) is 0 Å². The Morgan fingerprint density at radius 1 is 1.07 bits per heavy atom. The van der Waals surface area contributed by atoms with Crippen molar-refractivity contribution in [1.29, 1.82) is 0 Å². The molecule has 0 spiro atoms. The number of hydrogen-bond donors (Lipinski definition) is 1. The second-order valence-corrected chi connectivity index (χ2v) is 3.30. The van der Waals surface area contributed by atoms with Gasteiger partial charge >= 0.3 is 0 Å². The Morgan fingerprint density at radius 3 is 1.86 bits per heavy atom. The zero-order valence-corrected chi connectivity index (χ0v) is 11.1. The van der Waals surface area contributed by atoms with E-state index < -0.39 is 0 Å². The molecule has 1 aliphatic heterocycles. The Kier molecular flexibility index (Phi) is 15.1. The highest BCUT2D eigenvalue weighted by Crippen LogP contribution is 2.14.